The average Bonchev–Trinajstić information content (AvgIpc) is 2.63. The van der Waals surface area contributed by atoms with E-state index in [1.807, 2.05) is 6.20 Å². The van der Waals surface area contributed by atoms with Crippen molar-refractivity contribution in [3.63, 3.8) is 0 Å². The summed E-state index contributed by atoms with van der Waals surface area (Å²) in [6, 6.07) is 8.68. The Morgan fingerprint density at radius 1 is 1.24 bits per heavy atom. The summed E-state index contributed by atoms with van der Waals surface area (Å²) in [5.74, 6) is 0. The third-order valence-electron chi connectivity index (χ3n) is 2.63. The van der Waals surface area contributed by atoms with E-state index >= 15 is 0 Å². The van der Waals surface area contributed by atoms with Crippen molar-refractivity contribution in [1.82, 2.24) is 9.88 Å². The molecule has 0 saturated carbocycles. The molecule has 2 rings (SSSR count). The number of rotatable bonds is 4. The number of thiazole rings is 1. The zero-order valence-corrected chi connectivity index (χ0v) is 11.4. The third kappa shape index (κ3) is 3.65. The van der Waals surface area contributed by atoms with Gasteiger partial charge in [0.1, 0.15) is 0 Å². The van der Waals surface area contributed by atoms with E-state index in [9.17, 15) is 0 Å². The summed E-state index contributed by atoms with van der Waals surface area (Å²) in [6.45, 7) is 6.14. The zero-order chi connectivity index (χ0) is 12.3. The summed E-state index contributed by atoms with van der Waals surface area (Å²) in [5.41, 5.74) is 2.69. The minimum atomic E-state index is 0.972. The molecule has 0 atom stereocenters. The quantitative estimate of drug-likeness (QED) is 0.822. The Kier molecular flexibility index (Phi) is 3.92. The summed E-state index contributed by atoms with van der Waals surface area (Å²) < 4.78 is 0. The van der Waals surface area contributed by atoms with Crippen LogP contribution < -0.4 is 0 Å². The first-order chi connectivity index (χ1) is 8.13. The minimum Gasteiger partial charge on any atom is -0.297 e. The lowest BCUT2D eigenvalue weighted by Gasteiger charge is -2.15. The van der Waals surface area contributed by atoms with Crippen molar-refractivity contribution in [3.8, 4) is 0 Å². The van der Waals surface area contributed by atoms with Crippen LogP contribution in [0.25, 0.3) is 0 Å². The van der Waals surface area contributed by atoms with Gasteiger partial charge < -0.3 is 0 Å². The molecule has 1 aromatic carbocycles. The molecule has 3 heteroatoms. The normalized spacial score (nSPS) is 11.1. The Hall–Kier alpha value is -1.19. The first-order valence-corrected chi connectivity index (χ1v) is 6.60. The smallest absolute Gasteiger partial charge is 0.0897 e. The fraction of sp³-hybridized carbons (Fsp3) is 0.357. The molecule has 0 fully saturated rings. The summed E-state index contributed by atoms with van der Waals surface area (Å²) in [7, 11) is 2.15. The summed E-state index contributed by atoms with van der Waals surface area (Å²) in [6.07, 6.45) is 1.98. The van der Waals surface area contributed by atoms with Crippen molar-refractivity contribution < 1.29 is 0 Å². The van der Waals surface area contributed by atoms with Gasteiger partial charge in [0.25, 0.3) is 0 Å². The molecule has 0 saturated heterocycles. The number of aromatic nitrogens is 1. The van der Waals surface area contributed by atoms with E-state index < -0.39 is 0 Å². The van der Waals surface area contributed by atoms with Gasteiger partial charge in [-0.3, -0.25) is 4.90 Å². The van der Waals surface area contributed by atoms with Crippen molar-refractivity contribution in [2.24, 2.45) is 0 Å². The Morgan fingerprint density at radius 3 is 2.71 bits per heavy atom. The van der Waals surface area contributed by atoms with E-state index in [1.165, 1.54) is 16.0 Å². The highest BCUT2D eigenvalue weighted by Gasteiger charge is 2.04. The van der Waals surface area contributed by atoms with Gasteiger partial charge in [0.2, 0.25) is 0 Å². The first-order valence-electron chi connectivity index (χ1n) is 5.79. The molecule has 0 amide bonds. The van der Waals surface area contributed by atoms with Gasteiger partial charge in [-0.2, -0.15) is 0 Å². The van der Waals surface area contributed by atoms with Gasteiger partial charge in [0, 0.05) is 24.2 Å². The summed E-state index contributed by atoms with van der Waals surface area (Å²) in [4.78, 5) is 7.94. The van der Waals surface area contributed by atoms with Crippen LogP contribution in [0.5, 0.6) is 0 Å². The van der Waals surface area contributed by atoms with Gasteiger partial charge in [-0.25, -0.2) is 4.98 Å². The topological polar surface area (TPSA) is 16.1 Å². The molecule has 2 nitrogen and oxygen atoms in total. The van der Waals surface area contributed by atoms with Gasteiger partial charge in [-0.1, -0.05) is 29.8 Å². The highest BCUT2D eigenvalue weighted by Crippen LogP contribution is 2.15. The van der Waals surface area contributed by atoms with Crippen molar-refractivity contribution in [2.75, 3.05) is 7.05 Å². The largest absolute Gasteiger partial charge is 0.297 e. The minimum absolute atomic E-state index is 0.972. The van der Waals surface area contributed by atoms with Crippen molar-refractivity contribution in [2.45, 2.75) is 26.9 Å². The second-order valence-corrected chi connectivity index (χ2v) is 5.83. The summed E-state index contributed by atoms with van der Waals surface area (Å²) in [5, 5.41) is 1.14. The van der Waals surface area contributed by atoms with E-state index in [2.05, 4.69) is 55.0 Å². The van der Waals surface area contributed by atoms with Crippen LogP contribution in [0.4, 0.5) is 0 Å². The molecule has 0 aliphatic carbocycles. The molecule has 0 N–H and O–H groups in total. The number of hydrogen-bond donors (Lipinski definition) is 0. The maximum atomic E-state index is 4.28. The van der Waals surface area contributed by atoms with E-state index in [4.69, 9.17) is 0 Å². The molecule has 1 aromatic heterocycles. The van der Waals surface area contributed by atoms with Crippen LogP contribution >= 0.6 is 11.3 Å². The Labute approximate surface area is 107 Å². The Balaban J connectivity index is 1.95. The molecule has 0 bridgehead atoms. The fourth-order valence-electron chi connectivity index (χ4n) is 1.92. The van der Waals surface area contributed by atoms with Gasteiger partial charge in [-0.05, 0) is 26.5 Å². The molecule has 2 aromatic rings. The molecular formula is C14H18N2S. The maximum Gasteiger partial charge on any atom is 0.0897 e. The Morgan fingerprint density at radius 2 is 2.06 bits per heavy atom. The standard InChI is InChI=1S/C14H18N2S/c1-11-5-4-6-13(7-11)9-16(3)10-14-8-15-12(2)17-14/h4-8H,9-10H2,1-3H3. The first kappa shape index (κ1) is 12.3. The molecular weight excluding hydrogens is 228 g/mol. The fourth-order valence-corrected chi connectivity index (χ4v) is 2.80. The van der Waals surface area contributed by atoms with Gasteiger partial charge >= 0.3 is 0 Å². The second-order valence-electron chi connectivity index (χ2n) is 4.51. The van der Waals surface area contributed by atoms with Crippen molar-refractivity contribution in [1.29, 1.82) is 0 Å². The highest BCUT2D eigenvalue weighted by molar-refractivity contribution is 7.11. The predicted octanol–water partition coefficient (Wildman–Crippen LogP) is 3.39. The monoisotopic (exact) mass is 246 g/mol. The lowest BCUT2D eigenvalue weighted by molar-refractivity contribution is 0.321. The number of nitrogens with zero attached hydrogens (tertiary/aromatic N) is 2. The molecule has 17 heavy (non-hydrogen) atoms. The lowest BCUT2D eigenvalue weighted by Crippen LogP contribution is -2.16. The predicted molar refractivity (Wildman–Crippen MR) is 73.2 cm³/mol. The molecule has 0 aliphatic rings. The number of aryl methyl sites for hydroxylation is 2. The Bertz CT molecular complexity index is 490. The van der Waals surface area contributed by atoms with Gasteiger partial charge in [-0.15, -0.1) is 11.3 Å². The zero-order valence-electron chi connectivity index (χ0n) is 10.6. The van der Waals surface area contributed by atoms with E-state index in [0.29, 0.717) is 0 Å². The van der Waals surface area contributed by atoms with E-state index in [0.717, 1.165) is 18.1 Å². The van der Waals surface area contributed by atoms with Crippen LogP contribution in [0.3, 0.4) is 0 Å². The van der Waals surface area contributed by atoms with Crippen LogP contribution in [0.2, 0.25) is 0 Å². The number of hydrogen-bond acceptors (Lipinski definition) is 3. The van der Waals surface area contributed by atoms with Gasteiger partial charge in [0.15, 0.2) is 0 Å². The lowest BCUT2D eigenvalue weighted by atomic mass is 10.1. The molecule has 0 aliphatic heterocycles. The second kappa shape index (κ2) is 5.43. The van der Waals surface area contributed by atoms with Crippen molar-refractivity contribution in [3.05, 3.63) is 51.5 Å². The molecule has 0 radical (unpaired) electrons. The van der Waals surface area contributed by atoms with Crippen LogP contribution in [0.1, 0.15) is 21.0 Å². The molecule has 0 unspecified atom stereocenters. The van der Waals surface area contributed by atoms with Crippen LogP contribution in [0.15, 0.2) is 30.5 Å². The van der Waals surface area contributed by atoms with Crippen LogP contribution in [-0.4, -0.2) is 16.9 Å². The molecule has 1 heterocycles. The van der Waals surface area contributed by atoms with Crippen LogP contribution in [0, 0.1) is 13.8 Å². The third-order valence-corrected chi connectivity index (χ3v) is 3.53. The SMILES string of the molecule is Cc1cccc(CN(C)Cc2cnc(C)s2)c1. The maximum absolute atomic E-state index is 4.28. The average molecular weight is 246 g/mol. The van der Waals surface area contributed by atoms with E-state index in [1.54, 1.807) is 11.3 Å². The van der Waals surface area contributed by atoms with Gasteiger partial charge in [0.05, 0.1) is 5.01 Å². The molecule has 90 valence electrons. The highest BCUT2D eigenvalue weighted by atomic mass is 32.1. The summed E-state index contributed by atoms with van der Waals surface area (Å²) >= 11 is 1.78. The van der Waals surface area contributed by atoms with Crippen LogP contribution in [-0.2, 0) is 13.1 Å². The molecule has 0 spiro atoms. The number of benzene rings is 1. The van der Waals surface area contributed by atoms with Crippen molar-refractivity contribution >= 4 is 11.3 Å². The van der Waals surface area contributed by atoms with E-state index in [-0.39, 0.29) is 0 Å².